The Labute approximate surface area is 185 Å². The first kappa shape index (κ1) is 26.1. The predicted molar refractivity (Wildman–Crippen MR) is 120 cm³/mol. The van der Waals surface area contributed by atoms with Gasteiger partial charge in [-0.2, -0.15) is 0 Å². The normalized spacial score (nSPS) is 11.4. The van der Waals surface area contributed by atoms with Crippen molar-refractivity contribution in [2.45, 2.75) is 58.5 Å². The van der Waals surface area contributed by atoms with Gasteiger partial charge in [0.15, 0.2) is 11.4 Å². The number of carbonyl (C=O) groups excluding carboxylic acids is 3. The van der Waals surface area contributed by atoms with Gasteiger partial charge in [0.25, 0.3) is 0 Å². The van der Waals surface area contributed by atoms with Crippen molar-refractivity contribution in [3.63, 3.8) is 0 Å². The number of methoxy groups -OCH3 is 1. The van der Waals surface area contributed by atoms with Crippen LogP contribution in [0.1, 0.15) is 52.0 Å². The number of benzene rings is 1. The third kappa shape index (κ3) is 7.09. The van der Waals surface area contributed by atoms with E-state index in [-0.39, 0.29) is 25.0 Å². The Kier molecular flexibility index (Phi) is 10.2. The first-order valence-electron chi connectivity index (χ1n) is 10.5. The summed E-state index contributed by atoms with van der Waals surface area (Å²) in [4.78, 5) is 37.2. The highest BCUT2D eigenvalue weighted by molar-refractivity contribution is 6.04. The third-order valence-electron chi connectivity index (χ3n) is 5.03. The van der Waals surface area contributed by atoms with E-state index >= 15 is 0 Å². The molecule has 0 aliphatic rings. The van der Waals surface area contributed by atoms with E-state index in [0.717, 1.165) is 5.56 Å². The van der Waals surface area contributed by atoms with Crippen LogP contribution in [0, 0.1) is 5.41 Å². The van der Waals surface area contributed by atoms with E-state index in [9.17, 15) is 14.4 Å². The summed E-state index contributed by atoms with van der Waals surface area (Å²) in [6, 6.07) is 7.35. The maximum atomic E-state index is 12.9. The van der Waals surface area contributed by atoms with Crippen LogP contribution in [0.5, 0.6) is 5.75 Å². The van der Waals surface area contributed by atoms with Gasteiger partial charge in [-0.3, -0.25) is 9.59 Å². The summed E-state index contributed by atoms with van der Waals surface area (Å²) in [5, 5.41) is 0. The van der Waals surface area contributed by atoms with Gasteiger partial charge >= 0.3 is 11.9 Å². The van der Waals surface area contributed by atoms with Crippen molar-refractivity contribution in [3.05, 3.63) is 55.1 Å². The standard InChI is InChI=1S/C25H34O6/c1-7-17-25(18-8-2,23(28)29-6)21(26)12-10-11-19-13-15-20(16-14-19)31-24(4,5)22(27)30-9-3/h7-8,13-16H,1-2,9-12,17-18H2,3-6H3. The van der Waals surface area contributed by atoms with Gasteiger partial charge in [-0.15, -0.1) is 13.2 Å². The number of esters is 2. The van der Waals surface area contributed by atoms with E-state index in [1.54, 1.807) is 45.1 Å². The molecular weight excluding hydrogens is 396 g/mol. The molecule has 0 heterocycles. The van der Waals surface area contributed by atoms with E-state index in [1.165, 1.54) is 7.11 Å². The average Bonchev–Trinajstić information content (AvgIpc) is 2.74. The molecule has 0 radical (unpaired) electrons. The molecular formula is C25H34O6. The molecule has 0 amide bonds. The Balaban J connectivity index is 2.74. The molecule has 0 saturated carbocycles. The van der Waals surface area contributed by atoms with E-state index in [4.69, 9.17) is 14.2 Å². The molecule has 0 aliphatic carbocycles. The van der Waals surface area contributed by atoms with Gasteiger partial charge in [0.2, 0.25) is 0 Å². The lowest BCUT2D eigenvalue weighted by atomic mass is 9.75. The van der Waals surface area contributed by atoms with Crippen LogP contribution in [-0.2, 0) is 30.3 Å². The minimum absolute atomic E-state index is 0.171. The zero-order chi connectivity index (χ0) is 23.5. The zero-order valence-corrected chi connectivity index (χ0v) is 19.1. The van der Waals surface area contributed by atoms with Gasteiger partial charge in [0.1, 0.15) is 11.2 Å². The van der Waals surface area contributed by atoms with Crippen molar-refractivity contribution in [2.75, 3.05) is 13.7 Å². The summed E-state index contributed by atoms with van der Waals surface area (Å²) in [6.45, 7) is 12.7. The summed E-state index contributed by atoms with van der Waals surface area (Å²) in [7, 11) is 1.28. The minimum Gasteiger partial charge on any atom is -0.476 e. The molecule has 0 aliphatic heterocycles. The van der Waals surface area contributed by atoms with E-state index in [1.807, 2.05) is 12.1 Å². The first-order valence-corrected chi connectivity index (χ1v) is 10.5. The second kappa shape index (κ2) is 12.1. The van der Waals surface area contributed by atoms with Crippen molar-refractivity contribution >= 4 is 17.7 Å². The molecule has 0 N–H and O–H groups in total. The number of hydrogen-bond donors (Lipinski definition) is 0. The lowest BCUT2D eigenvalue weighted by molar-refractivity contribution is -0.159. The number of rotatable bonds is 14. The maximum Gasteiger partial charge on any atom is 0.349 e. The topological polar surface area (TPSA) is 78.9 Å². The van der Waals surface area contributed by atoms with Crippen molar-refractivity contribution in [3.8, 4) is 5.75 Å². The number of Topliss-reactive ketones (excluding diaryl/α,β-unsaturated/α-hetero) is 1. The second-order valence-electron chi connectivity index (χ2n) is 7.81. The van der Waals surface area contributed by atoms with Gasteiger partial charge in [-0.1, -0.05) is 24.3 Å². The Morgan fingerprint density at radius 1 is 1.00 bits per heavy atom. The minimum atomic E-state index is -1.26. The summed E-state index contributed by atoms with van der Waals surface area (Å²) >= 11 is 0. The van der Waals surface area contributed by atoms with Gasteiger partial charge in [-0.25, -0.2) is 4.79 Å². The number of allylic oxidation sites excluding steroid dienone is 2. The fourth-order valence-electron chi connectivity index (χ4n) is 3.34. The molecule has 0 fully saturated rings. The lowest BCUT2D eigenvalue weighted by Gasteiger charge is -2.27. The average molecular weight is 431 g/mol. The molecule has 0 bridgehead atoms. The van der Waals surface area contributed by atoms with Gasteiger partial charge in [-0.05, 0) is 64.2 Å². The highest BCUT2D eigenvalue weighted by Gasteiger charge is 2.43. The number of hydrogen-bond acceptors (Lipinski definition) is 6. The lowest BCUT2D eigenvalue weighted by Crippen LogP contribution is -2.39. The molecule has 0 saturated heterocycles. The molecule has 0 spiro atoms. The van der Waals surface area contributed by atoms with Crippen molar-refractivity contribution in [1.29, 1.82) is 0 Å². The third-order valence-corrected chi connectivity index (χ3v) is 5.03. The van der Waals surface area contributed by atoms with Crippen molar-refractivity contribution < 1.29 is 28.6 Å². The van der Waals surface area contributed by atoms with Gasteiger partial charge in [0, 0.05) is 6.42 Å². The van der Waals surface area contributed by atoms with Crippen molar-refractivity contribution in [1.82, 2.24) is 0 Å². The molecule has 6 heteroatoms. The fourth-order valence-corrected chi connectivity index (χ4v) is 3.34. The molecule has 0 unspecified atom stereocenters. The second-order valence-corrected chi connectivity index (χ2v) is 7.81. The molecule has 31 heavy (non-hydrogen) atoms. The van der Waals surface area contributed by atoms with Crippen LogP contribution in [0.25, 0.3) is 0 Å². The van der Waals surface area contributed by atoms with Crippen LogP contribution in [-0.4, -0.2) is 37.0 Å². The van der Waals surface area contributed by atoms with Crippen LogP contribution in [0.3, 0.4) is 0 Å². The number of ketones is 1. The molecule has 0 aromatic heterocycles. The van der Waals surface area contributed by atoms with Crippen molar-refractivity contribution in [2.24, 2.45) is 5.41 Å². The number of aryl methyl sites for hydroxylation is 1. The van der Waals surface area contributed by atoms with E-state index in [0.29, 0.717) is 25.2 Å². The van der Waals surface area contributed by atoms with E-state index in [2.05, 4.69) is 13.2 Å². The molecule has 0 atom stereocenters. The van der Waals surface area contributed by atoms with Crippen LogP contribution in [0.4, 0.5) is 0 Å². The summed E-state index contributed by atoms with van der Waals surface area (Å²) < 4.78 is 15.7. The Hall–Kier alpha value is -2.89. The van der Waals surface area contributed by atoms with Crippen LogP contribution in [0.2, 0.25) is 0 Å². The summed E-state index contributed by atoms with van der Waals surface area (Å²) in [5.41, 5.74) is -1.32. The monoisotopic (exact) mass is 430 g/mol. The van der Waals surface area contributed by atoms with Crippen LogP contribution in [0.15, 0.2) is 49.6 Å². The zero-order valence-electron chi connectivity index (χ0n) is 19.1. The predicted octanol–water partition coefficient (Wildman–Crippen LogP) is 4.61. The molecule has 1 aromatic rings. The highest BCUT2D eigenvalue weighted by Crippen LogP contribution is 2.33. The number of carbonyl (C=O) groups is 3. The van der Waals surface area contributed by atoms with E-state index < -0.39 is 23.0 Å². The molecule has 1 aromatic carbocycles. The molecule has 6 nitrogen and oxygen atoms in total. The fraction of sp³-hybridized carbons (Fsp3) is 0.480. The van der Waals surface area contributed by atoms with Gasteiger partial charge in [0.05, 0.1) is 13.7 Å². The Morgan fingerprint density at radius 3 is 2.06 bits per heavy atom. The van der Waals surface area contributed by atoms with Crippen LogP contribution < -0.4 is 4.74 Å². The van der Waals surface area contributed by atoms with Crippen LogP contribution >= 0.6 is 0 Å². The number of ether oxygens (including phenoxy) is 3. The Morgan fingerprint density at radius 2 is 1.58 bits per heavy atom. The first-order chi connectivity index (χ1) is 14.7. The quantitative estimate of drug-likeness (QED) is 0.244. The molecule has 1 rings (SSSR count). The molecule has 170 valence electrons. The SMILES string of the molecule is C=CCC(CC=C)(C(=O)CCCc1ccc(OC(C)(C)C(=O)OCC)cc1)C(=O)OC. The summed E-state index contributed by atoms with van der Waals surface area (Å²) in [6.07, 6.45) is 5.04. The highest BCUT2D eigenvalue weighted by atomic mass is 16.6. The largest absolute Gasteiger partial charge is 0.476 e. The maximum absolute atomic E-state index is 12.9. The Bertz CT molecular complexity index is 766. The smallest absolute Gasteiger partial charge is 0.349 e. The summed E-state index contributed by atoms with van der Waals surface area (Å²) in [5.74, 6) is -0.594. The van der Waals surface area contributed by atoms with Gasteiger partial charge < -0.3 is 14.2 Å².